The van der Waals surface area contributed by atoms with Gasteiger partial charge in [0.15, 0.2) is 5.82 Å². The lowest BCUT2D eigenvalue weighted by Gasteiger charge is -2.15. The zero-order valence-electron chi connectivity index (χ0n) is 21.6. The van der Waals surface area contributed by atoms with E-state index in [-0.39, 0.29) is 5.69 Å². The fourth-order valence-electron chi connectivity index (χ4n) is 4.85. The molecule has 3 aromatic heterocycles. The summed E-state index contributed by atoms with van der Waals surface area (Å²) >= 11 is 0. The van der Waals surface area contributed by atoms with Crippen LogP contribution < -0.4 is 5.69 Å². The molecule has 0 bridgehead atoms. The molecule has 0 saturated carbocycles. The number of H-pyrrole nitrogens is 1. The summed E-state index contributed by atoms with van der Waals surface area (Å²) in [4.78, 5) is 18.2. The molecule has 2 aromatic carbocycles. The van der Waals surface area contributed by atoms with E-state index in [0.29, 0.717) is 24.0 Å². The number of benzene rings is 2. The van der Waals surface area contributed by atoms with Crippen molar-refractivity contribution in [3.63, 3.8) is 0 Å². The van der Waals surface area contributed by atoms with Gasteiger partial charge in [-0.3, -0.25) is 14.1 Å². The van der Waals surface area contributed by atoms with Crippen molar-refractivity contribution >= 4 is 0 Å². The van der Waals surface area contributed by atoms with Crippen LogP contribution in [0.4, 0.5) is 0 Å². The van der Waals surface area contributed by atoms with Gasteiger partial charge in [-0.15, -0.1) is 5.10 Å². The van der Waals surface area contributed by atoms with Crippen LogP contribution in [-0.2, 0) is 13.0 Å². The molecule has 0 atom stereocenters. The molecule has 0 aliphatic carbocycles. The molecule has 0 aliphatic rings. The third-order valence-electron chi connectivity index (χ3n) is 6.68. The summed E-state index contributed by atoms with van der Waals surface area (Å²) in [6.07, 6.45) is 5.56. The van der Waals surface area contributed by atoms with Gasteiger partial charge in [0.2, 0.25) is 0 Å². The molecule has 0 unspecified atom stereocenters. The van der Waals surface area contributed by atoms with Gasteiger partial charge in [0.1, 0.15) is 5.69 Å². The number of rotatable bonds is 8. The monoisotopic (exact) mass is 493 g/mol. The van der Waals surface area contributed by atoms with E-state index in [1.54, 1.807) is 6.20 Å². The third-order valence-corrected chi connectivity index (χ3v) is 6.68. The summed E-state index contributed by atoms with van der Waals surface area (Å²) in [6, 6.07) is 18.4. The standard InChI is InChI=1S/C29H31N7O/c1-5-8-23-18-36(27-20(4)9-6-10-24(27)19(2)3)29(37)35(23)17-21-12-14-22(15-13-21)25-11-7-16-30-26(25)28-31-33-34-32-28/h6-7,9-16,18-19H,5,8,17H2,1-4H3,(H,31,32,33,34). The second kappa shape index (κ2) is 10.3. The lowest BCUT2D eigenvalue weighted by atomic mass is 9.98. The number of para-hydroxylation sites is 1. The third kappa shape index (κ3) is 4.74. The molecule has 8 heteroatoms. The number of hydrogen-bond donors (Lipinski definition) is 1. The molecule has 0 amide bonds. The Morgan fingerprint density at radius 1 is 1.03 bits per heavy atom. The van der Waals surface area contributed by atoms with Crippen LogP contribution >= 0.6 is 0 Å². The van der Waals surface area contributed by atoms with Gasteiger partial charge in [0, 0.05) is 23.7 Å². The molecule has 0 spiro atoms. The van der Waals surface area contributed by atoms with Crippen molar-refractivity contribution in [2.24, 2.45) is 0 Å². The molecule has 0 fully saturated rings. The van der Waals surface area contributed by atoms with Crippen molar-refractivity contribution in [1.29, 1.82) is 0 Å². The van der Waals surface area contributed by atoms with Crippen molar-refractivity contribution < 1.29 is 0 Å². The topological polar surface area (TPSA) is 94.3 Å². The van der Waals surface area contributed by atoms with Crippen molar-refractivity contribution in [2.75, 3.05) is 0 Å². The first kappa shape index (κ1) is 24.4. The number of nitrogens with zero attached hydrogens (tertiary/aromatic N) is 6. The van der Waals surface area contributed by atoms with Gasteiger partial charge in [-0.25, -0.2) is 9.89 Å². The minimum atomic E-state index is -0.00362. The Kier molecular flexibility index (Phi) is 6.81. The minimum absolute atomic E-state index is 0.00362. The number of aryl methyl sites for hydroxylation is 2. The molecule has 188 valence electrons. The number of pyridine rings is 1. The van der Waals surface area contributed by atoms with Crippen LogP contribution in [0.5, 0.6) is 0 Å². The summed E-state index contributed by atoms with van der Waals surface area (Å²) < 4.78 is 3.75. The van der Waals surface area contributed by atoms with E-state index < -0.39 is 0 Å². The Hall–Kier alpha value is -4.33. The maximum atomic E-state index is 13.8. The SMILES string of the molecule is CCCc1cn(-c2c(C)cccc2C(C)C)c(=O)n1Cc1ccc(-c2cccnc2-c2nnn[nH]2)cc1. The summed E-state index contributed by atoms with van der Waals surface area (Å²) in [6.45, 7) is 9.06. The first-order valence-corrected chi connectivity index (χ1v) is 12.7. The normalized spacial score (nSPS) is 11.4. The summed E-state index contributed by atoms with van der Waals surface area (Å²) in [5.74, 6) is 0.839. The van der Waals surface area contributed by atoms with E-state index >= 15 is 0 Å². The fraction of sp³-hybridized carbons (Fsp3) is 0.276. The highest BCUT2D eigenvalue weighted by atomic mass is 16.1. The first-order chi connectivity index (χ1) is 18.0. The first-order valence-electron chi connectivity index (χ1n) is 12.7. The van der Waals surface area contributed by atoms with E-state index in [1.807, 2.05) is 27.5 Å². The predicted molar refractivity (Wildman–Crippen MR) is 145 cm³/mol. The fourth-order valence-corrected chi connectivity index (χ4v) is 4.85. The summed E-state index contributed by atoms with van der Waals surface area (Å²) in [5, 5.41) is 14.2. The number of tetrazole rings is 1. The van der Waals surface area contributed by atoms with Crippen LogP contribution in [0.3, 0.4) is 0 Å². The van der Waals surface area contributed by atoms with Crippen molar-refractivity contribution in [3.05, 3.63) is 99.9 Å². The van der Waals surface area contributed by atoms with Crippen LogP contribution in [0.1, 0.15) is 55.5 Å². The van der Waals surface area contributed by atoms with Gasteiger partial charge in [-0.05, 0) is 58.0 Å². The van der Waals surface area contributed by atoms with E-state index in [9.17, 15) is 4.79 Å². The zero-order valence-corrected chi connectivity index (χ0v) is 21.6. The van der Waals surface area contributed by atoms with E-state index in [2.05, 4.69) is 95.8 Å². The number of aromatic nitrogens is 7. The molecule has 5 aromatic rings. The lowest BCUT2D eigenvalue weighted by molar-refractivity contribution is 0.690. The highest BCUT2D eigenvalue weighted by Crippen LogP contribution is 2.29. The van der Waals surface area contributed by atoms with E-state index in [4.69, 9.17) is 0 Å². The maximum absolute atomic E-state index is 13.8. The molecule has 3 heterocycles. The summed E-state index contributed by atoms with van der Waals surface area (Å²) in [7, 11) is 0. The second-order valence-electron chi connectivity index (χ2n) is 9.62. The zero-order chi connectivity index (χ0) is 25.9. The highest BCUT2D eigenvalue weighted by molar-refractivity contribution is 5.77. The van der Waals surface area contributed by atoms with Crippen molar-refractivity contribution in [3.8, 4) is 28.3 Å². The smallest absolute Gasteiger partial charge is 0.292 e. The van der Waals surface area contributed by atoms with E-state index in [1.165, 1.54) is 5.56 Å². The van der Waals surface area contributed by atoms with Crippen LogP contribution in [0.2, 0.25) is 0 Å². The Morgan fingerprint density at radius 2 is 1.84 bits per heavy atom. The van der Waals surface area contributed by atoms with Gasteiger partial charge < -0.3 is 0 Å². The van der Waals surface area contributed by atoms with Gasteiger partial charge >= 0.3 is 5.69 Å². The van der Waals surface area contributed by atoms with Gasteiger partial charge in [-0.2, -0.15) is 0 Å². The van der Waals surface area contributed by atoms with Gasteiger partial charge in [-0.1, -0.05) is 75.7 Å². The molecule has 0 radical (unpaired) electrons. The molecule has 5 rings (SSSR count). The number of hydrogen-bond acceptors (Lipinski definition) is 5. The molecule has 8 nitrogen and oxygen atoms in total. The largest absolute Gasteiger partial charge is 0.333 e. The van der Waals surface area contributed by atoms with Crippen molar-refractivity contribution in [1.82, 2.24) is 34.7 Å². The molecule has 1 N–H and O–H groups in total. The van der Waals surface area contributed by atoms with E-state index in [0.717, 1.165) is 46.5 Å². The Balaban J connectivity index is 1.51. The quantitative estimate of drug-likeness (QED) is 0.316. The van der Waals surface area contributed by atoms with Gasteiger partial charge in [0.25, 0.3) is 0 Å². The van der Waals surface area contributed by atoms with Gasteiger partial charge in [0.05, 0.1) is 12.2 Å². The van der Waals surface area contributed by atoms with Crippen molar-refractivity contribution in [2.45, 2.75) is 53.0 Å². The molecular formula is C29H31N7O. The molecule has 37 heavy (non-hydrogen) atoms. The highest BCUT2D eigenvalue weighted by Gasteiger charge is 2.18. The number of nitrogens with one attached hydrogen (secondary N) is 1. The maximum Gasteiger partial charge on any atom is 0.333 e. The minimum Gasteiger partial charge on any atom is -0.292 e. The number of aromatic amines is 1. The van der Waals surface area contributed by atoms with Crippen LogP contribution in [0, 0.1) is 6.92 Å². The molecule has 0 saturated heterocycles. The Bertz CT molecular complexity index is 1560. The predicted octanol–water partition coefficient (Wildman–Crippen LogP) is 5.31. The Morgan fingerprint density at radius 3 is 2.54 bits per heavy atom. The second-order valence-corrected chi connectivity index (χ2v) is 9.62. The Labute approximate surface area is 216 Å². The average Bonchev–Trinajstić information content (AvgIpc) is 3.54. The molecule has 0 aliphatic heterocycles. The molecular weight excluding hydrogens is 462 g/mol. The lowest BCUT2D eigenvalue weighted by Crippen LogP contribution is -2.26. The average molecular weight is 494 g/mol. The van der Waals surface area contributed by atoms with Crippen LogP contribution in [0.25, 0.3) is 28.3 Å². The van der Waals surface area contributed by atoms with Crippen LogP contribution in [-0.4, -0.2) is 34.7 Å². The number of imidazole rings is 1. The van der Waals surface area contributed by atoms with Crippen LogP contribution in [0.15, 0.2) is 71.8 Å². The summed E-state index contributed by atoms with van der Waals surface area (Å²) in [5.41, 5.74) is 8.01.